The van der Waals surface area contributed by atoms with E-state index in [1.165, 1.54) is 27.8 Å². The molecule has 0 atom stereocenters. The molecule has 0 fully saturated rings. The van der Waals surface area contributed by atoms with Crippen LogP contribution in [0.4, 0.5) is 0 Å². The van der Waals surface area contributed by atoms with E-state index in [0.29, 0.717) is 0 Å². The number of rotatable bonds is 4. The molecule has 0 saturated carbocycles. The predicted octanol–water partition coefficient (Wildman–Crippen LogP) is 5.45. The van der Waals surface area contributed by atoms with E-state index in [2.05, 4.69) is 72.3 Å². The van der Waals surface area contributed by atoms with E-state index in [0.717, 1.165) is 13.0 Å². The molecule has 1 nitrogen and oxygen atoms in total. The van der Waals surface area contributed by atoms with E-state index in [1.54, 1.807) is 11.3 Å². The lowest BCUT2D eigenvalue weighted by molar-refractivity contribution is 0.0169. The Hall–Kier alpha value is -1.90. The molecule has 3 aromatic rings. The number of thiophene rings is 1. The first-order valence-corrected chi connectivity index (χ1v) is 8.68. The smallest absolute Gasteiger partial charge is 0.145 e. The average molecular weight is 306 g/mol. The second-order valence-corrected chi connectivity index (χ2v) is 6.41. The quantitative estimate of drug-likeness (QED) is 0.623. The molecule has 0 N–H and O–H groups in total. The largest absolute Gasteiger partial charge is 0.361 e. The second-order valence-electron chi connectivity index (χ2n) is 5.63. The van der Waals surface area contributed by atoms with Crippen LogP contribution in [-0.2, 0) is 10.3 Å². The Kier molecular flexibility index (Phi) is 3.36. The van der Waals surface area contributed by atoms with E-state index in [1.807, 2.05) is 0 Å². The van der Waals surface area contributed by atoms with Crippen molar-refractivity contribution < 1.29 is 4.74 Å². The summed E-state index contributed by atoms with van der Waals surface area (Å²) in [6.45, 7) is 2.91. The summed E-state index contributed by atoms with van der Waals surface area (Å²) in [5.41, 5.74) is 5.90. The zero-order chi connectivity index (χ0) is 15.0. The molecule has 1 heterocycles. The van der Waals surface area contributed by atoms with E-state index in [-0.39, 0.29) is 0 Å². The summed E-state index contributed by atoms with van der Waals surface area (Å²) in [5.74, 6) is 0. The Balaban J connectivity index is 2.05. The van der Waals surface area contributed by atoms with Gasteiger partial charge in [0.1, 0.15) is 5.60 Å². The molecule has 4 rings (SSSR count). The van der Waals surface area contributed by atoms with Gasteiger partial charge in [0.2, 0.25) is 0 Å². The van der Waals surface area contributed by atoms with Gasteiger partial charge in [0, 0.05) is 23.3 Å². The van der Waals surface area contributed by atoms with E-state index >= 15 is 0 Å². The minimum Gasteiger partial charge on any atom is -0.361 e. The van der Waals surface area contributed by atoms with Crippen molar-refractivity contribution >= 4 is 11.3 Å². The van der Waals surface area contributed by atoms with Gasteiger partial charge in [-0.25, -0.2) is 0 Å². The molecule has 2 heteroatoms. The standard InChI is InChI=1S/C20H18OS/c1-2-12-21-20(15-11-13-22-14-15)18-9-5-3-7-16(18)17-8-4-6-10-19(17)20/h3-11,13-14H,2,12H2,1H3. The molecule has 22 heavy (non-hydrogen) atoms. The average Bonchev–Trinajstić information content (AvgIpc) is 3.19. The number of benzene rings is 2. The maximum atomic E-state index is 6.54. The number of hydrogen-bond acceptors (Lipinski definition) is 2. The van der Waals surface area contributed by atoms with Crippen molar-refractivity contribution in [2.24, 2.45) is 0 Å². The molecule has 110 valence electrons. The fraction of sp³-hybridized carbons (Fsp3) is 0.200. The van der Waals surface area contributed by atoms with Crippen LogP contribution in [0, 0.1) is 0 Å². The summed E-state index contributed by atoms with van der Waals surface area (Å²) >= 11 is 1.73. The molecule has 0 radical (unpaired) electrons. The van der Waals surface area contributed by atoms with Gasteiger partial charge >= 0.3 is 0 Å². The molecular weight excluding hydrogens is 288 g/mol. The van der Waals surface area contributed by atoms with Gasteiger partial charge in [0.15, 0.2) is 0 Å². The third-order valence-electron chi connectivity index (χ3n) is 4.35. The normalized spacial score (nSPS) is 14.6. The Labute approximate surface area is 135 Å². The lowest BCUT2D eigenvalue weighted by atomic mass is 9.85. The minimum atomic E-state index is -0.455. The van der Waals surface area contributed by atoms with Crippen molar-refractivity contribution in [3.8, 4) is 11.1 Å². The monoisotopic (exact) mass is 306 g/mol. The molecule has 0 amide bonds. The van der Waals surface area contributed by atoms with Crippen LogP contribution in [0.3, 0.4) is 0 Å². The number of fused-ring (bicyclic) bond motifs is 3. The first-order chi connectivity index (χ1) is 10.9. The summed E-state index contributed by atoms with van der Waals surface area (Å²) in [6.07, 6.45) is 1.01. The van der Waals surface area contributed by atoms with Gasteiger partial charge < -0.3 is 4.74 Å². The van der Waals surface area contributed by atoms with Crippen LogP contribution in [0.25, 0.3) is 11.1 Å². The number of ether oxygens (including phenoxy) is 1. The fourth-order valence-corrected chi connectivity index (χ4v) is 4.16. The third-order valence-corrected chi connectivity index (χ3v) is 5.04. The van der Waals surface area contributed by atoms with Crippen molar-refractivity contribution in [1.82, 2.24) is 0 Å². The van der Waals surface area contributed by atoms with Crippen molar-refractivity contribution in [2.75, 3.05) is 6.61 Å². The Morgan fingerprint density at radius 3 is 2.09 bits per heavy atom. The molecular formula is C20H18OS. The Bertz CT molecular complexity index is 743. The molecule has 0 aliphatic heterocycles. The van der Waals surface area contributed by atoms with Crippen LogP contribution in [0.2, 0.25) is 0 Å². The first-order valence-electron chi connectivity index (χ1n) is 7.74. The molecule has 0 bridgehead atoms. The number of hydrogen-bond donors (Lipinski definition) is 0. The fourth-order valence-electron chi connectivity index (χ4n) is 3.46. The van der Waals surface area contributed by atoms with Crippen molar-refractivity contribution in [1.29, 1.82) is 0 Å². The van der Waals surface area contributed by atoms with E-state index in [9.17, 15) is 0 Å². The van der Waals surface area contributed by atoms with Crippen molar-refractivity contribution in [3.05, 3.63) is 82.0 Å². The van der Waals surface area contributed by atoms with Crippen LogP contribution in [0.15, 0.2) is 65.4 Å². The van der Waals surface area contributed by atoms with Crippen LogP contribution >= 0.6 is 11.3 Å². The van der Waals surface area contributed by atoms with Crippen LogP contribution in [0.5, 0.6) is 0 Å². The van der Waals surface area contributed by atoms with Crippen LogP contribution < -0.4 is 0 Å². The maximum absolute atomic E-state index is 6.54. The Morgan fingerprint density at radius 2 is 1.55 bits per heavy atom. The minimum absolute atomic E-state index is 0.455. The van der Waals surface area contributed by atoms with Gasteiger partial charge in [-0.15, -0.1) is 0 Å². The highest BCUT2D eigenvalue weighted by molar-refractivity contribution is 7.08. The third kappa shape index (κ3) is 1.81. The molecule has 0 saturated heterocycles. The molecule has 1 aromatic heterocycles. The van der Waals surface area contributed by atoms with Gasteiger partial charge in [-0.1, -0.05) is 55.5 Å². The highest BCUT2D eigenvalue weighted by Crippen LogP contribution is 2.53. The summed E-state index contributed by atoms with van der Waals surface area (Å²) < 4.78 is 6.54. The highest BCUT2D eigenvalue weighted by atomic mass is 32.1. The molecule has 1 aliphatic carbocycles. The SMILES string of the molecule is CCCOC1(c2ccsc2)c2ccccc2-c2ccccc21. The van der Waals surface area contributed by atoms with Crippen LogP contribution in [-0.4, -0.2) is 6.61 Å². The summed E-state index contributed by atoms with van der Waals surface area (Å²) in [7, 11) is 0. The molecule has 2 aromatic carbocycles. The maximum Gasteiger partial charge on any atom is 0.145 e. The van der Waals surface area contributed by atoms with E-state index in [4.69, 9.17) is 4.74 Å². The van der Waals surface area contributed by atoms with E-state index < -0.39 is 5.60 Å². The van der Waals surface area contributed by atoms with Crippen LogP contribution in [0.1, 0.15) is 30.0 Å². The summed E-state index contributed by atoms with van der Waals surface area (Å²) in [4.78, 5) is 0. The van der Waals surface area contributed by atoms with Crippen molar-refractivity contribution in [2.45, 2.75) is 18.9 Å². The Morgan fingerprint density at radius 1 is 0.909 bits per heavy atom. The highest BCUT2D eigenvalue weighted by Gasteiger charge is 2.45. The van der Waals surface area contributed by atoms with Gasteiger partial charge in [-0.2, -0.15) is 11.3 Å². The zero-order valence-corrected chi connectivity index (χ0v) is 13.4. The van der Waals surface area contributed by atoms with Gasteiger partial charge in [-0.3, -0.25) is 0 Å². The second kappa shape index (κ2) is 5.38. The lowest BCUT2D eigenvalue weighted by Crippen LogP contribution is -2.30. The zero-order valence-electron chi connectivity index (χ0n) is 12.6. The molecule has 1 aliphatic rings. The topological polar surface area (TPSA) is 9.23 Å². The molecule has 0 unspecified atom stereocenters. The van der Waals surface area contributed by atoms with Gasteiger partial charge in [0.05, 0.1) is 0 Å². The van der Waals surface area contributed by atoms with Crippen molar-refractivity contribution in [3.63, 3.8) is 0 Å². The summed E-state index contributed by atoms with van der Waals surface area (Å²) in [5, 5.41) is 4.35. The predicted molar refractivity (Wildman–Crippen MR) is 92.3 cm³/mol. The first kappa shape index (κ1) is 13.7. The lowest BCUT2D eigenvalue weighted by Gasteiger charge is -2.32. The summed E-state index contributed by atoms with van der Waals surface area (Å²) in [6, 6.07) is 19.5. The molecule has 0 spiro atoms. The van der Waals surface area contributed by atoms with Gasteiger partial charge in [-0.05, 0) is 34.4 Å². The van der Waals surface area contributed by atoms with Gasteiger partial charge in [0.25, 0.3) is 0 Å².